The van der Waals surface area contributed by atoms with Crippen LogP contribution < -0.4 is 5.73 Å². The van der Waals surface area contributed by atoms with Crippen LogP contribution in [0.2, 0.25) is 0 Å². The van der Waals surface area contributed by atoms with Crippen LogP contribution >= 0.6 is 0 Å². The molecule has 0 unspecified atom stereocenters. The van der Waals surface area contributed by atoms with Crippen LogP contribution in [-0.2, 0) is 16.6 Å². The normalized spacial score (nSPS) is 15.2. The third-order valence-electron chi connectivity index (χ3n) is 3.59. The molecule has 1 aliphatic rings. The molecule has 0 radical (unpaired) electrons. The zero-order valence-electron chi connectivity index (χ0n) is 12.0. The average Bonchev–Trinajstić information content (AvgIpc) is 3.25. The Hall–Kier alpha value is -1.42. The number of sulfonamides is 1. The number of nitrogens with zero attached hydrogens (tertiary/aromatic N) is 1. The molecule has 1 aromatic carbocycles. The van der Waals surface area contributed by atoms with Crippen LogP contribution in [0.4, 0.5) is 4.39 Å². The third-order valence-corrected chi connectivity index (χ3v) is 5.38. The Morgan fingerprint density at radius 1 is 1.48 bits per heavy atom. The number of terminal acetylenes is 1. The van der Waals surface area contributed by atoms with Crippen LogP contribution in [0.15, 0.2) is 17.0 Å². The summed E-state index contributed by atoms with van der Waals surface area (Å²) < 4.78 is 40.5. The van der Waals surface area contributed by atoms with Crippen molar-refractivity contribution in [1.29, 1.82) is 0 Å². The zero-order chi connectivity index (χ0) is 15.6. The van der Waals surface area contributed by atoms with Crippen LogP contribution in [0.5, 0.6) is 0 Å². The largest absolute Gasteiger partial charge is 0.326 e. The van der Waals surface area contributed by atoms with Gasteiger partial charge in [-0.3, -0.25) is 0 Å². The first-order chi connectivity index (χ1) is 9.90. The summed E-state index contributed by atoms with van der Waals surface area (Å²) in [6.07, 6.45) is 7.32. The number of nitrogens with two attached hydrogens (primary N) is 1. The molecule has 0 bridgehead atoms. The van der Waals surface area contributed by atoms with Crippen molar-refractivity contribution in [2.24, 2.45) is 11.7 Å². The number of aryl methyl sites for hydroxylation is 1. The minimum atomic E-state index is -3.72. The highest BCUT2D eigenvalue weighted by molar-refractivity contribution is 7.89. The second kappa shape index (κ2) is 6.14. The summed E-state index contributed by atoms with van der Waals surface area (Å²) in [5, 5.41) is 0. The van der Waals surface area contributed by atoms with Gasteiger partial charge in [0, 0.05) is 18.7 Å². The fraction of sp³-hybridized carbons (Fsp3) is 0.467. The summed E-state index contributed by atoms with van der Waals surface area (Å²) in [5.74, 6) is 2.30. The molecule has 6 heteroatoms. The molecule has 0 heterocycles. The van der Waals surface area contributed by atoms with Crippen molar-refractivity contribution in [2.75, 3.05) is 13.1 Å². The van der Waals surface area contributed by atoms with Crippen molar-refractivity contribution in [3.05, 3.63) is 29.1 Å². The molecular weight excluding hydrogens is 291 g/mol. The van der Waals surface area contributed by atoms with Crippen LogP contribution in [-0.4, -0.2) is 25.8 Å². The third kappa shape index (κ3) is 3.43. The summed E-state index contributed by atoms with van der Waals surface area (Å²) in [6, 6.07) is 2.63. The number of hydrogen-bond donors (Lipinski definition) is 1. The highest BCUT2D eigenvalue weighted by atomic mass is 32.2. The maximum atomic E-state index is 13.8. The van der Waals surface area contributed by atoms with Gasteiger partial charge in [-0.25, -0.2) is 12.8 Å². The van der Waals surface area contributed by atoms with Gasteiger partial charge in [-0.2, -0.15) is 4.31 Å². The van der Waals surface area contributed by atoms with E-state index < -0.39 is 15.8 Å². The van der Waals surface area contributed by atoms with Gasteiger partial charge in [0.15, 0.2) is 0 Å². The first kappa shape index (κ1) is 16.0. The van der Waals surface area contributed by atoms with E-state index in [1.807, 2.05) is 0 Å². The second-order valence-electron chi connectivity index (χ2n) is 5.36. The number of rotatable bonds is 6. The first-order valence-corrected chi connectivity index (χ1v) is 8.27. The number of halogens is 1. The highest BCUT2D eigenvalue weighted by Crippen LogP contribution is 2.32. The van der Waals surface area contributed by atoms with Crippen molar-refractivity contribution in [2.45, 2.75) is 31.2 Å². The van der Waals surface area contributed by atoms with E-state index in [2.05, 4.69) is 5.92 Å². The van der Waals surface area contributed by atoms with Crippen LogP contribution in [0.3, 0.4) is 0 Å². The van der Waals surface area contributed by atoms with E-state index >= 15 is 0 Å². The summed E-state index contributed by atoms with van der Waals surface area (Å²) in [5.41, 5.74) is 5.94. The van der Waals surface area contributed by atoms with E-state index in [1.165, 1.54) is 23.4 Å². The molecule has 0 saturated heterocycles. The van der Waals surface area contributed by atoms with Gasteiger partial charge in [0.1, 0.15) is 5.82 Å². The van der Waals surface area contributed by atoms with Crippen molar-refractivity contribution in [3.8, 4) is 12.3 Å². The minimum absolute atomic E-state index is 0.0210. The molecule has 0 aromatic heterocycles. The molecule has 21 heavy (non-hydrogen) atoms. The SMILES string of the molecule is C#CCN(CC1CC1)S(=O)(=O)c1cc(C)c(F)c(CN)c1. The molecule has 2 rings (SSSR count). The lowest BCUT2D eigenvalue weighted by molar-refractivity contribution is 0.430. The Bertz CT molecular complexity index is 676. The Labute approximate surface area is 125 Å². The van der Waals surface area contributed by atoms with Gasteiger partial charge in [0.2, 0.25) is 10.0 Å². The number of benzene rings is 1. The predicted octanol–water partition coefficient (Wildman–Crippen LogP) is 1.63. The number of hydrogen-bond acceptors (Lipinski definition) is 3. The second-order valence-corrected chi connectivity index (χ2v) is 7.30. The van der Waals surface area contributed by atoms with Crippen molar-refractivity contribution < 1.29 is 12.8 Å². The molecule has 1 aliphatic carbocycles. The maximum absolute atomic E-state index is 13.8. The minimum Gasteiger partial charge on any atom is -0.326 e. The van der Waals surface area contributed by atoms with Crippen molar-refractivity contribution in [3.63, 3.8) is 0 Å². The topological polar surface area (TPSA) is 63.4 Å². The monoisotopic (exact) mass is 310 g/mol. The van der Waals surface area contributed by atoms with E-state index in [4.69, 9.17) is 12.2 Å². The fourth-order valence-corrected chi connectivity index (χ4v) is 3.76. The average molecular weight is 310 g/mol. The lowest BCUT2D eigenvalue weighted by atomic mass is 10.1. The van der Waals surface area contributed by atoms with Crippen LogP contribution in [0.1, 0.15) is 24.0 Å². The van der Waals surface area contributed by atoms with Gasteiger partial charge in [-0.15, -0.1) is 6.42 Å². The molecule has 0 spiro atoms. The standard InChI is InChI=1S/C15H19FN2O2S/c1-3-6-18(10-12-4-5-12)21(19,20)14-7-11(2)15(16)13(8-14)9-17/h1,7-8,12H,4-6,9-10,17H2,2H3. The van der Waals surface area contributed by atoms with Gasteiger partial charge in [0.05, 0.1) is 11.4 Å². The summed E-state index contributed by atoms with van der Waals surface area (Å²) in [4.78, 5) is 0.0535. The van der Waals surface area contributed by atoms with Gasteiger partial charge < -0.3 is 5.73 Å². The van der Waals surface area contributed by atoms with Gasteiger partial charge in [-0.1, -0.05) is 5.92 Å². The molecule has 4 nitrogen and oxygen atoms in total. The van der Waals surface area contributed by atoms with Crippen molar-refractivity contribution in [1.82, 2.24) is 4.31 Å². The Balaban J connectivity index is 2.41. The highest BCUT2D eigenvalue weighted by Gasteiger charge is 2.31. The smallest absolute Gasteiger partial charge is 0.243 e. The summed E-state index contributed by atoms with van der Waals surface area (Å²) in [6.45, 7) is 1.92. The predicted molar refractivity (Wildman–Crippen MR) is 79.3 cm³/mol. The molecule has 1 fully saturated rings. The van der Waals surface area contributed by atoms with E-state index in [0.29, 0.717) is 12.5 Å². The Morgan fingerprint density at radius 3 is 2.67 bits per heavy atom. The molecule has 0 aliphatic heterocycles. The Morgan fingerprint density at radius 2 is 2.14 bits per heavy atom. The summed E-state index contributed by atoms with van der Waals surface area (Å²) in [7, 11) is -3.72. The molecule has 114 valence electrons. The van der Waals surface area contributed by atoms with Crippen LogP contribution in [0.25, 0.3) is 0 Å². The Kier molecular flexibility index (Phi) is 4.67. The lowest BCUT2D eigenvalue weighted by Gasteiger charge is -2.20. The van der Waals surface area contributed by atoms with Crippen molar-refractivity contribution >= 4 is 10.0 Å². The molecule has 2 N–H and O–H groups in total. The fourth-order valence-electron chi connectivity index (χ4n) is 2.19. The van der Waals surface area contributed by atoms with Crippen LogP contribution in [0, 0.1) is 31.0 Å². The van der Waals surface area contributed by atoms with E-state index in [9.17, 15) is 12.8 Å². The van der Waals surface area contributed by atoms with E-state index in [-0.39, 0.29) is 29.1 Å². The molecule has 0 amide bonds. The van der Waals surface area contributed by atoms with Gasteiger partial charge in [-0.05, 0) is 43.4 Å². The maximum Gasteiger partial charge on any atom is 0.243 e. The summed E-state index contributed by atoms with van der Waals surface area (Å²) >= 11 is 0. The quantitative estimate of drug-likeness (QED) is 0.812. The lowest BCUT2D eigenvalue weighted by Crippen LogP contribution is -2.33. The van der Waals surface area contributed by atoms with Gasteiger partial charge in [0.25, 0.3) is 0 Å². The molecular formula is C15H19FN2O2S. The first-order valence-electron chi connectivity index (χ1n) is 6.82. The van der Waals surface area contributed by atoms with E-state index in [0.717, 1.165) is 12.8 Å². The molecule has 0 atom stereocenters. The van der Waals surface area contributed by atoms with E-state index in [1.54, 1.807) is 0 Å². The molecule has 1 aromatic rings. The molecule has 1 saturated carbocycles. The zero-order valence-corrected chi connectivity index (χ0v) is 12.8. The van der Waals surface area contributed by atoms with Gasteiger partial charge >= 0.3 is 0 Å².